The van der Waals surface area contributed by atoms with Gasteiger partial charge in [-0.05, 0) is 26.0 Å². The lowest BCUT2D eigenvalue weighted by atomic mass is 9.90. The van der Waals surface area contributed by atoms with Crippen LogP contribution >= 0.6 is 0 Å². The second-order valence-electron chi connectivity index (χ2n) is 5.64. The SMILES string of the molecule is CC(=O)C(O)(COS(=O)(=O)c1ccc(C)cc1)C(=O)c1ccccc1. The van der Waals surface area contributed by atoms with E-state index in [9.17, 15) is 23.1 Å². The van der Waals surface area contributed by atoms with Crippen LogP contribution in [-0.4, -0.2) is 37.3 Å². The molecule has 1 unspecified atom stereocenters. The van der Waals surface area contributed by atoms with Gasteiger partial charge in [-0.15, -0.1) is 0 Å². The minimum absolute atomic E-state index is 0.0801. The normalized spacial score (nSPS) is 13.9. The van der Waals surface area contributed by atoms with E-state index < -0.39 is 33.9 Å². The Morgan fingerprint density at radius 3 is 2.12 bits per heavy atom. The Morgan fingerprint density at radius 2 is 1.60 bits per heavy atom. The first-order valence-electron chi connectivity index (χ1n) is 7.46. The maximum absolute atomic E-state index is 12.5. The Bertz CT molecular complexity index is 872. The molecule has 2 aromatic rings. The third-order valence-corrected chi connectivity index (χ3v) is 5.00. The Kier molecular flexibility index (Phi) is 5.52. The van der Waals surface area contributed by atoms with E-state index in [0.29, 0.717) is 0 Å². The molecule has 132 valence electrons. The molecule has 0 fully saturated rings. The van der Waals surface area contributed by atoms with Gasteiger partial charge in [0.25, 0.3) is 10.1 Å². The Labute approximate surface area is 146 Å². The number of aryl methyl sites for hydroxylation is 1. The molecule has 0 spiro atoms. The molecule has 7 heteroatoms. The first-order valence-corrected chi connectivity index (χ1v) is 8.87. The average molecular weight is 362 g/mol. The number of carbonyl (C=O) groups excluding carboxylic acids is 2. The van der Waals surface area contributed by atoms with E-state index in [-0.39, 0.29) is 10.5 Å². The summed E-state index contributed by atoms with van der Waals surface area (Å²) in [6.45, 7) is 1.80. The highest BCUT2D eigenvalue weighted by Gasteiger charge is 2.43. The second kappa shape index (κ2) is 7.26. The molecule has 1 N–H and O–H groups in total. The fraction of sp³-hybridized carbons (Fsp3) is 0.222. The summed E-state index contributed by atoms with van der Waals surface area (Å²) in [5, 5.41) is 10.5. The molecular weight excluding hydrogens is 344 g/mol. The number of ketones is 2. The van der Waals surface area contributed by atoms with Crippen molar-refractivity contribution < 1.29 is 27.3 Å². The first-order chi connectivity index (χ1) is 11.7. The predicted molar refractivity (Wildman–Crippen MR) is 90.7 cm³/mol. The van der Waals surface area contributed by atoms with Crippen molar-refractivity contribution in [2.45, 2.75) is 24.3 Å². The van der Waals surface area contributed by atoms with Gasteiger partial charge in [0, 0.05) is 5.56 Å². The average Bonchev–Trinajstić information content (AvgIpc) is 2.60. The maximum Gasteiger partial charge on any atom is 0.297 e. The largest absolute Gasteiger partial charge is 0.372 e. The zero-order valence-corrected chi connectivity index (χ0v) is 14.6. The Balaban J connectivity index is 2.26. The van der Waals surface area contributed by atoms with Crippen molar-refractivity contribution in [1.82, 2.24) is 0 Å². The van der Waals surface area contributed by atoms with Gasteiger partial charge in [-0.2, -0.15) is 8.42 Å². The van der Waals surface area contributed by atoms with Crippen LogP contribution in [0.15, 0.2) is 59.5 Å². The van der Waals surface area contributed by atoms with Crippen LogP contribution in [0.3, 0.4) is 0 Å². The van der Waals surface area contributed by atoms with Gasteiger partial charge < -0.3 is 5.11 Å². The molecule has 0 saturated heterocycles. The molecule has 0 heterocycles. The van der Waals surface area contributed by atoms with E-state index in [1.807, 2.05) is 0 Å². The summed E-state index contributed by atoms with van der Waals surface area (Å²) in [5.41, 5.74) is -1.64. The molecule has 2 rings (SSSR count). The second-order valence-corrected chi connectivity index (χ2v) is 7.26. The van der Waals surface area contributed by atoms with E-state index in [1.54, 1.807) is 37.3 Å². The molecule has 0 saturated carbocycles. The highest BCUT2D eigenvalue weighted by atomic mass is 32.2. The number of rotatable bonds is 7. The fourth-order valence-corrected chi connectivity index (χ4v) is 3.02. The molecule has 0 aromatic heterocycles. The quantitative estimate of drug-likeness (QED) is 0.459. The van der Waals surface area contributed by atoms with Gasteiger partial charge in [-0.3, -0.25) is 13.8 Å². The number of hydrogen-bond acceptors (Lipinski definition) is 6. The highest BCUT2D eigenvalue weighted by Crippen LogP contribution is 2.20. The summed E-state index contributed by atoms with van der Waals surface area (Å²) in [6, 6.07) is 13.5. The van der Waals surface area contributed by atoms with Crippen LogP contribution in [0.1, 0.15) is 22.8 Å². The minimum atomic E-state index is -4.22. The van der Waals surface area contributed by atoms with Crippen molar-refractivity contribution in [2.24, 2.45) is 0 Å². The fourth-order valence-electron chi connectivity index (χ4n) is 2.09. The lowest BCUT2D eigenvalue weighted by Gasteiger charge is -2.23. The third kappa shape index (κ3) is 4.19. The van der Waals surface area contributed by atoms with E-state index in [2.05, 4.69) is 0 Å². The van der Waals surface area contributed by atoms with Crippen molar-refractivity contribution in [3.05, 3.63) is 65.7 Å². The molecule has 0 bridgehead atoms. The zero-order valence-electron chi connectivity index (χ0n) is 13.8. The molecule has 1 atom stereocenters. The summed E-state index contributed by atoms with van der Waals surface area (Å²) < 4.78 is 29.2. The lowest BCUT2D eigenvalue weighted by Crippen LogP contribution is -2.50. The molecule has 0 aliphatic carbocycles. The van der Waals surface area contributed by atoms with Gasteiger partial charge in [0.1, 0.15) is 6.61 Å². The van der Waals surface area contributed by atoms with Crippen LogP contribution in [0.5, 0.6) is 0 Å². The van der Waals surface area contributed by atoms with E-state index in [4.69, 9.17) is 4.18 Å². The van der Waals surface area contributed by atoms with Crippen LogP contribution in [0.25, 0.3) is 0 Å². The first kappa shape index (κ1) is 19.0. The number of benzene rings is 2. The summed E-state index contributed by atoms with van der Waals surface area (Å²) in [7, 11) is -4.22. The molecule has 2 aromatic carbocycles. The zero-order chi connectivity index (χ0) is 18.7. The van der Waals surface area contributed by atoms with Crippen molar-refractivity contribution in [2.75, 3.05) is 6.61 Å². The van der Waals surface area contributed by atoms with Gasteiger partial charge in [0.05, 0.1) is 4.90 Å². The molecular formula is C18H18O6S. The standard InChI is InChI=1S/C18H18O6S/c1-13-8-10-16(11-9-13)25(22,23)24-12-18(21,14(2)19)17(20)15-6-4-3-5-7-15/h3-11,21H,12H2,1-2H3. The van der Waals surface area contributed by atoms with Crippen LogP contribution in [0, 0.1) is 6.92 Å². The molecule has 0 aliphatic heterocycles. The van der Waals surface area contributed by atoms with Gasteiger partial charge >= 0.3 is 0 Å². The highest BCUT2D eigenvalue weighted by molar-refractivity contribution is 7.86. The predicted octanol–water partition coefficient (Wildman–Crippen LogP) is 1.90. The van der Waals surface area contributed by atoms with Gasteiger partial charge in [-0.1, -0.05) is 48.0 Å². The Hall–Kier alpha value is -2.35. The van der Waals surface area contributed by atoms with E-state index in [1.165, 1.54) is 24.3 Å². The van der Waals surface area contributed by atoms with Crippen molar-refractivity contribution in [1.29, 1.82) is 0 Å². The Morgan fingerprint density at radius 1 is 1.04 bits per heavy atom. The molecule has 0 radical (unpaired) electrons. The summed E-state index contributed by atoms with van der Waals surface area (Å²) >= 11 is 0. The van der Waals surface area contributed by atoms with E-state index >= 15 is 0 Å². The van der Waals surface area contributed by atoms with Gasteiger partial charge in [-0.25, -0.2) is 0 Å². The lowest BCUT2D eigenvalue weighted by molar-refractivity contribution is -0.132. The van der Waals surface area contributed by atoms with Crippen molar-refractivity contribution >= 4 is 21.7 Å². The van der Waals surface area contributed by atoms with Crippen molar-refractivity contribution in [3.63, 3.8) is 0 Å². The molecule has 0 aliphatic rings. The topological polar surface area (TPSA) is 97.7 Å². The molecule has 0 amide bonds. The number of Topliss-reactive ketones (excluding diaryl/α,β-unsaturated/α-hetero) is 2. The monoisotopic (exact) mass is 362 g/mol. The van der Waals surface area contributed by atoms with Gasteiger partial charge in [0.15, 0.2) is 5.78 Å². The maximum atomic E-state index is 12.5. The third-order valence-electron chi connectivity index (χ3n) is 3.73. The van der Waals surface area contributed by atoms with E-state index in [0.717, 1.165) is 12.5 Å². The summed E-state index contributed by atoms with van der Waals surface area (Å²) in [5.74, 6) is -1.82. The number of carbonyl (C=O) groups is 2. The molecule has 6 nitrogen and oxygen atoms in total. The minimum Gasteiger partial charge on any atom is -0.372 e. The smallest absolute Gasteiger partial charge is 0.297 e. The van der Waals surface area contributed by atoms with Crippen LogP contribution in [-0.2, 0) is 19.1 Å². The summed E-state index contributed by atoms with van der Waals surface area (Å²) in [4.78, 5) is 24.2. The summed E-state index contributed by atoms with van der Waals surface area (Å²) in [6.07, 6.45) is 0. The van der Waals surface area contributed by atoms with Crippen LogP contribution in [0.2, 0.25) is 0 Å². The number of hydrogen-bond donors (Lipinski definition) is 1. The van der Waals surface area contributed by atoms with Gasteiger partial charge in [0.2, 0.25) is 11.4 Å². The van der Waals surface area contributed by atoms with Crippen molar-refractivity contribution in [3.8, 4) is 0 Å². The number of aliphatic hydroxyl groups is 1. The molecule has 25 heavy (non-hydrogen) atoms. The van der Waals surface area contributed by atoms with Crippen LogP contribution in [0.4, 0.5) is 0 Å². The van der Waals surface area contributed by atoms with Crippen LogP contribution < -0.4 is 0 Å².